The molecule has 2 aromatic carbocycles. The van der Waals surface area contributed by atoms with E-state index in [0.29, 0.717) is 15.9 Å². The molecule has 0 fully saturated rings. The van der Waals surface area contributed by atoms with Crippen LogP contribution in [0, 0.1) is 11.6 Å². The second-order valence-corrected chi connectivity index (χ2v) is 5.78. The van der Waals surface area contributed by atoms with Crippen molar-refractivity contribution in [3.05, 3.63) is 64.4 Å². The van der Waals surface area contributed by atoms with Crippen molar-refractivity contribution in [3.63, 3.8) is 0 Å². The van der Waals surface area contributed by atoms with Crippen molar-refractivity contribution in [3.8, 4) is 5.75 Å². The predicted octanol–water partition coefficient (Wildman–Crippen LogP) is 3.82. The molecule has 0 spiro atoms. The molecule has 128 valence electrons. The van der Waals surface area contributed by atoms with Gasteiger partial charge in [0.2, 0.25) is 11.9 Å². The zero-order valence-corrected chi connectivity index (χ0v) is 14.3. The van der Waals surface area contributed by atoms with Gasteiger partial charge in [-0.1, -0.05) is 0 Å². The number of aromatic nitrogens is 3. The molecule has 0 atom stereocenters. The summed E-state index contributed by atoms with van der Waals surface area (Å²) in [7, 11) is 0. The van der Waals surface area contributed by atoms with E-state index in [2.05, 4.69) is 36.2 Å². The number of nitrogen functional groups attached to an aromatic ring is 1. The standard InChI is InChI=1S/C16H12BrF2N5O/c17-12-7-10(19)3-6-13(12)25-8-14-22-15(20)24-16(23-14)21-11-4-1-9(18)2-5-11/h1-7H,8H2,(H3,20,21,22,23,24). The third-order valence-electron chi connectivity index (χ3n) is 3.05. The van der Waals surface area contributed by atoms with Gasteiger partial charge in [0, 0.05) is 5.69 Å². The number of halogens is 3. The minimum atomic E-state index is -0.380. The molecule has 25 heavy (non-hydrogen) atoms. The number of rotatable bonds is 5. The summed E-state index contributed by atoms with van der Waals surface area (Å²) in [6, 6.07) is 9.76. The molecule has 0 aliphatic rings. The van der Waals surface area contributed by atoms with E-state index >= 15 is 0 Å². The summed E-state index contributed by atoms with van der Waals surface area (Å²) >= 11 is 3.21. The van der Waals surface area contributed by atoms with Crippen LogP contribution in [0.2, 0.25) is 0 Å². The lowest BCUT2D eigenvalue weighted by atomic mass is 10.3. The SMILES string of the molecule is Nc1nc(COc2ccc(F)cc2Br)nc(Nc2ccc(F)cc2)n1. The molecule has 0 aliphatic carbocycles. The van der Waals surface area contributed by atoms with Gasteiger partial charge in [-0.15, -0.1) is 0 Å². The van der Waals surface area contributed by atoms with E-state index in [-0.39, 0.29) is 36.0 Å². The van der Waals surface area contributed by atoms with Crippen LogP contribution in [0.25, 0.3) is 0 Å². The van der Waals surface area contributed by atoms with Crippen LogP contribution in [-0.2, 0) is 6.61 Å². The van der Waals surface area contributed by atoms with Crippen molar-refractivity contribution in [1.29, 1.82) is 0 Å². The fourth-order valence-corrected chi connectivity index (χ4v) is 2.42. The minimum Gasteiger partial charge on any atom is -0.484 e. The maximum absolute atomic E-state index is 13.1. The maximum Gasteiger partial charge on any atom is 0.232 e. The number of hydrogen-bond acceptors (Lipinski definition) is 6. The fraction of sp³-hybridized carbons (Fsp3) is 0.0625. The van der Waals surface area contributed by atoms with Gasteiger partial charge < -0.3 is 15.8 Å². The number of nitrogens with zero attached hydrogens (tertiary/aromatic N) is 3. The lowest BCUT2D eigenvalue weighted by molar-refractivity contribution is 0.293. The zero-order chi connectivity index (χ0) is 17.8. The molecular formula is C16H12BrF2N5O. The summed E-state index contributed by atoms with van der Waals surface area (Å²) in [5.41, 5.74) is 6.28. The Bertz CT molecular complexity index is 892. The molecule has 0 unspecified atom stereocenters. The van der Waals surface area contributed by atoms with Crippen molar-refractivity contribution < 1.29 is 13.5 Å². The first kappa shape index (κ1) is 17.0. The number of nitrogens with two attached hydrogens (primary N) is 1. The molecule has 0 saturated carbocycles. The van der Waals surface area contributed by atoms with Gasteiger partial charge in [-0.05, 0) is 58.4 Å². The van der Waals surface area contributed by atoms with Gasteiger partial charge in [-0.25, -0.2) is 8.78 Å². The smallest absolute Gasteiger partial charge is 0.232 e. The molecule has 1 heterocycles. The lowest BCUT2D eigenvalue weighted by Crippen LogP contribution is -2.09. The highest BCUT2D eigenvalue weighted by Crippen LogP contribution is 2.26. The van der Waals surface area contributed by atoms with Crippen molar-refractivity contribution in [1.82, 2.24) is 15.0 Å². The Morgan fingerprint density at radius 1 is 1.00 bits per heavy atom. The Balaban J connectivity index is 1.73. The Kier molecular flexibility index (Phi) is 5.03. The number of benzene rings is 2. The summed E-state index contributed by atoms with van der Waals surface area (Å²) in [4.78, 5) is 12.2. The van der Waals surface area contributed by atoms with Gasteiger partial charge in [0.25, 0.3) is 0 Å². The molecule has 9 heteroatoms. The number of ether oxygens (including phenoxy) is 1. The topological polar surface area (TPSA) is 86.0 Å². The Morgan fingerprint density at radius 3 is 2.44 bits per heavy atom. The van der Waals surface area contributed by atoms with Crippen molar-refractivity contribution >= 4 is 33.5 Å². The largest absolute Gasteiger partial charge is 0.484 e. The molecular weight excluding hydrogens is 396 g/mol. The molecule has 0 bridgehead atoms. The van der Waals surface area contributed by atoms with Crippen LogP contribution in [-0.4, -0.2) is 15.0 Å². The molecule has 3 rings (SSSR count). The van der Waals surface area contributed by atoms with E-state index in [1.54, 1.807) is 12.1 Å². The second-order valence-electron chi connectivity index (χ2n) is 4.93. The normalized spacial score (nSPS) is 10.5. The van der Waals surface area contributed by atoms with E-state index in [9.17, 15) is 8.78 Å². The van der Waals surface area contributed by atoms with Crippen LogP contribution in [0.3, 0.4) is 0 Å². The van der Waals surface area contributed by atoms with Crippen molar-refractivity contribution in [2.24, 2.45) is 0 Å². The molecule has 0 aliphatic heterocycles. The summed E-state index contributed by atoms with van der Waals surface area (Å²) in [5, 5.41) is 2.91. The number of anilines is 3. The molecule has 6 nitrogen and oxygen atoms in total. The molecule has 1 aromatic heterocycles. The van der Waals surface area contributed by atoms with Crippen LogP contribution in [0.15, 0.2) is 46.9 Å². The summed E-state index contributed by atoms with van der Waals surface area (Å²) in [6.07, 6.45) is 0. The highest BCUT2D eigenvalue weighted by atomic mass is 79.9. The first-order chi connectivity index (χ1) is 12.0. The van der Waals surface area contributed by atoms with Gasteiger partial charge >= 0.3 is 0 Å². The van der Waals surface area contributed by atoms with Crippen LogP contribution in [0.1, 0.15) is 5.82 Å². The van der Waals surface area contributed by atoms with Gasteiger partial charge in [-0.3, -0.25) is 0 Å². The van der Waals surface area contributed by atoms with Gasteiger partial charge in [0.1, 0.15) is 24.0 Å². The van der Waals surface area contributed by atoms with Gasteiger partial charge in [-0.2, -0.15) is 15.0 Å². The van der Waals surface area contributed by atoms with Crippen LogP contribution in [0.4, 0.5) is 26.4 Å². The average Bonchev–Trinajstić information content (AvgIpc) is 2.56. The molecule has 3 aromatic rings. The van der Waals surface area contributed by atoms with E-state index in [1.807, 2.05) is 0 Å². The first-order valence-corrected chi connectivity index (χ1v) is 7.90. The Hall–Kier alpha value is -2.81. The van der Waals surface area contributed by atoms with Gasteiger partial charge in [0.05, 0.1) is 4.47 Å². The zero-order valence-electron chi connectivity index (χ0n) is 12.7. The highest BCUT2D eigenvalue weighted by molar-refractivity contribution is 9.10. The van der Waals surface area contributed by atoms with E-state index in [0.717, 1.165) is 0 Å². The highest BCUT2D eigenvalue weighted by Gasteiger charge is 2.08. The maximum atomic E-state index is 13.1. The third-order valence-corrected chi connectivity index (χ3v) is 3.67. The van der Waals surface area contributed by atoms with Gasteiger partial charge in [0.15, 0.2) is 5.82 Å². The van der Waals surface area contributed by atoms with Crippen LogP contribution >= 0.6 is 15.9 Å². The summed E-state index contributed by atoms with van der Waals surface area (Å²) < 4.78 is 32.0. The second kappa shape index (κ2) is 7.39. The van der Waals surface area contributed by atoms with E-state index in [4.69, 9.17) is 10.5 Å². The van der Waals surface area contributed by atoms with Crippen LogP contribution < -0.4 is 15.8 Å². The van der Waals surface area contributed by atoms with Crippen molar-refractivity contribution in [2.75, 3.05) is 11.1 Å². The van der Waals surface area contributed by atoms with Crippen molar-refractivity contribution in [2.45, 2.75) is 6.61 Å². The van der Waals surface area contributed by atoms with Crippen LogP contribution in [0.5, 0.6) is 5.75 Å². The molecule has 0 radical (unpaired) electrons. The quantitative estimate of drug-likeness (QED) is 0.668. The number of hydrogen-bond donors (Lipinski definition) is 2. The fourth-order valence-electron chi connectivity index (χ4n) is 1.96. The number of nitrogens with one attached hydrogen (secondary N) is 1. The Morgan fingerprint density at radius 2 is 1.72 bits per heavy atom. The minimum absolute atomic E-state index is 0.00898. The molecule has 0 amide bonds. The summed E-state index contributed by atoms with van der Waals surface area (Å²) in [5.74, 6) is 0.211. The lowest BCUT2D eigenvalue weighted by Gasteiger charge is -2.09. The molecule has 0 saturated heterocycles. The van der Waals surface area contributed by atoms with E-state index in [1.165, 1.54) is 30.3 Å². The summed E-state index contributed by atoms with van der Waals surface area (Å²) in [6.45, 7) is 0.00898. The monoisotopic (exact) mass is 407 g/mol. The predicted molar refractivity (Wildman–Crippen MR) is 92.4 cm³/mol. The third kappa shape index (κ3) is 4.60. The molecule has 3 N–H and O–H groups in total. The average molecular weight is 408 g/mol. The Labute approximate surface area is 150 Å². The van der Waals surface area contributed by atoms with E-state index < -0.39 is 0 Å². The first-order valence-electron chi connectivity index (χ1n) is 7.10.